The molecule has 0 bridgehead atoms. The molecule has 0 radical (unpaired) electrons. The van der Waals surface area contributed by atoms with Gasteiger partial charge in [0.2, 0.25) is 5.82 Å². The minimum Gasteiger partial charge on any atom is -0.480 e. The van der Waals surface area contributed by atoms with Crippen LogP contribution in [-0.4, -0.2) is 52.2 Å². The molecule has 1 atom stereocenters. The summed E-state index contributed by atoms with van der Waals surface area (Å²) in [4.78, 5) is 27.7. The fourth-order valence-electron chi connectivity index (χ4n) is 1.16. The Balaban J connectivity index is 0. The van der Waals surface area contributed by atoms with E-state index in [2.05, 4.69) is 15.7 Å². The molecule has 8 N–H and O–H groups in total. The molecule has 0 aliphatic carbocycles. The largest absolute Gasteiger partial charge is 0.480 e. The number of aliphatic carboxylic acids is 1. The standard InChI is InChI=1S/C8H12N2O2.C5H12N2O2.CH5N/c1-8(2,3)12-7(11)6-9-4-5-10-6;6-3-1-2-4(7)5(8)9;1-2/h4-5H,1-3H3,(H,9,10);4H,1-3,6-7H2,(H,8,9);2H2,1H3/t;4-;/m.0./s1. The van der Waals surface area contributed by atoms with Crippen molar-refractivity contribution in [3.8, 4) is 0 Å². The first-order valence-electron chi connectivity index (χ1n) is 7.16. The average molecular weight is 331 g/mol. The number of H-pyrrole nitrogens is 1. The maximum Gasteiger partial charge on any atom is 0.374 e. The van der Waals surface area contributed by atoms with Crippen LogP contribution in [0.1, 0.15) is 44.2 Å². The summed E-state index contributed by atoms with van der Waals surface area (Å²) in [5.74, 6) is -1.14. The second kappa shape index (κ2) is 12.6. The Morgan fingerprint density at radius 2 is 1.96 bits per heavy atom. The Hall–Kier alpha value is -1.97. The van der Waals surface area contributed by atoms with Crippen molar-refractivity contribution >= 4 is 11.9 Å². The second-order valence-electron chi connectivity index (χ2n) is 5.32. The van der Waals surface area contributed by atoms with Gasteiger partial charge in [0.05, 0.1) is 0 Å². The molecule has 0 spiro atoms. The van der Waals surface area contributed by atoms with Crippen LogP contribution in [0.2, 0.25) is 0 Å². The average Bonchev–Trinajstić information content (AvgIpc) is 3.00. The van der Waals surface area contributed by atoms with Crippen molar-refractivity contribution in [2.45, 2.75) is 45.3 Å². The van der Waals surface area contributed by atoms with Gasteiger partial charge >= 0.3 is 11.9 Å². The lowest BCUT2D eigenvalue weighted by Crippen LogP contribution is -2.30. The molecule has 1 aromatic heterocycles. The zero-order valence-electron chi connectivity index (χ0n) is 14.2. The van der Waals surface area contributed by atoms with Crippen LogP contribution in [-0.2, 0) is 9.53 Å². The van der Waals surface area contributed by atoms with Gasteiger partial charge in [0.15, 0.2) is 0 Å². The van der Waals surface area contributed by atoms with Crippen molar-refractivity contribution < 1.29 is 19.4 Å². The number of aromatic amines is 1. The molecule has 0 fully saturated rings. The van der Waals surface area contributed by atoms with Crippen molar-refractivity contribution in [1.29, 1.82) is 0 Å². The van der Waals surface area contributed by atoms with E-state index in [9.17, 15) is 9.59 Å². The molecule has 1 rings (SSSR count). The number of carbonyl (C=O) groups excluding carboxylic acids is 1. The highest BCUT2D eigenvalue weighted by Gasteiger charge is 2.18. The van der Waals surface area contributed by atoms with Crippen LogP contribution in [0.25, 0.3) is 0 Å². The summed E-state index contributed by atoms with van der Waals surface area (Å²) in [7, 11) is 1.50. The zero-order chi connectivity index (χ0) is 18.5. The molecule has 9 nitrogen and oxygen atoms in total. The number of ether oxygens (including phenoxy) is 1. The van der Waals surface area contributed by atoms with E-state index in [1.807, 2.05) is 20.8 Å². The minimum absolute atomic E-state index is 0.241. The fourth-order valence-corrected chi connectivity index (χ4v) is 1.16. The number of rotatable bonds is 5. The number of carbonyl (C=O) groups is 2. The Bertz CT molecular complexity index is 429. The second-order valence-corrected chi connectivity index (χ2v) is 5.32. The number of nitrogens with zero attached hydrogens (tertiary/aromatic N) is 1. The van der Waals surface area contributed by atoms with Crippen molar-refractivity contribution in [2.75, 3.05) is 13.6 Å². The van der Waals surface area contributed by atoms with E-state index >= 15 is 0 Å². The number of hydrogen-bond donors (Lipinski definition) is 5. The normalized spacial score (nSPS) is 11.3. The number of aromatic nitrogens is 2. The smallest absolute Gasteiger partial charge is 0.374 e. The molecule has 0 amide bonds. The first kappa shape index (κ1) is 23.3. The third-order valence-corrected chi connectivity index (χ3v) is 2.13. The van der Waals surface area contributed by atoms with Gasteiger partial charge in [0.25, 0.3) is 0 Å². The molecule has 0 saturated heterocycles. The summed E-state index contributed by atoms with van der Waals surface area (Å²) in [5, 5.41) is 8.24. The predicted octanol–water partition coefficient (Wildman–Crippen LogP) is 0.0771. The van der Waals surface area contributed by atoms with E-state index in [0.29, 0.717) is 19.4 Å². The van der Waals surface area contributed by atoms with Crippen LogP contribution in [0, 0.1) is 0 Å². The molecule has 134 valence electrons. The van der Waals surface area contributed by atoms with E-state index in [-0.39, 0.29) is 5.82 Å². The van der Waals surface area contributed by atoms with Gasteiger partial charge in [-0.1, -0.05) is 0 Å². The van der Waals surface area contributed by atoms with Gasteiger partial charge in [0, 0.05) is 12.4 Å². The van der Waals surface area contributed by atoms with Gasteiger partial charge in [-0.15, -0.1) is 0 Å². The number of imidazole rings is 1. The molecule has 23 heavy (non-hydrogen) atoms. The molecule has 1 aromatic rings. The third kappa shape index (κ3) is 13.4. The van der Waals surface area contributed by atoms with Gasteiger partial charge in [-0.25, -0.2) is 9.78 Å². The van der Waals surface area contributed by atoms with Crippen LogP contribution < -0.4 is 17.2 Å². The van der Waals surface area contributed by atoms with Crippen LogP contribution in [0.4, 0.5) is 0 Å². The number of hydrogen-bond acceptors (Lipinski definition) is 7. The molecule has 0 aliphatic rings. The van der Waals surface area contributed by atoms with Crippen LogP contribution in [0.5, 0.6) is 0 Å². The van der Waals surface area contributed by atoms with Crippen LogP contribution in [0.3, 0.4) is 0 Å². The summed E-state index contributed by atoms with van der Waals surface area (Å²) in [6.07, 6.45) is 4.23. The zero-order valence-corrected chi connectivity index (χ0v) is 14.2. The van der Waals surface area contributed by atoms with E-state index in [4.69, 9.17) is 21.3 Å². The lowest BCUT2D eigenvalue weighted by Gasteiger charge is -2.18. The maximum atomic E-state index is 11.2. The van der Waals surface area contributed by atoms with E-state index in [1.165, 1.54) is 13.2 Å². The molecule has 0 aromatic carbocycles. The summed E-state index contributed by atoms with van der Waals surface area (Å²) < 4.78 is 5.05. The summed E-state index contributed by atoms with van der Waals surface area (Å²) in [5.41, 5.74) is 14.3. The highest BCUT2D eigenvalue weighted by Crippen LogP contribution is 2.09. The van der Waals surface area contributed by atoms with Gasteiger partial charge in [-0.3, -0.25) is 4.79 Å². The Morgan fingerprint density at radius 3 is 2.30 bits per heavy atom. The van der Waals surface area contributed by atoms with E-state index < -0.39 is 23.6 Å². The molecule has 0 saturated carbocycles. The first-order valence-corrected chi connectivity index (χ1v) is 7.16. The molecular formula is C14H29N5O4. The fraction of sp³-hybridized carbons (Fsp3) is 0.643. The minimum atomic E-state index is -0.955. The highest BCUT2D eigenvalue weighted by atomic mass is 16.6. The number of nitrogens with two attached hydrogens (primary N) is 3. The lowest BCUT2D eigenvalue weighted by atomic mass is 10.2. The van der Waals surface area contributed by atoms with Crippen LogP contribution in [0.15, 0.2) is 12.4 Å². The van der Waals surface area contributed by atoms with Gasteiger partial charge in [0.1, 0.15) is 11.6 Å². The monoisotopic (exact) mass is 331 g/mol. The molecule has 9 heteroatoms. The van der Waals surface area contributed by atoms with Crippen LogP contribution >= 0.6 is 0 Å². The van der Waals surface area contributed by atoms with Crippen molar-refractivity contribution in [1.82, 2.24) is 9.97 Å². The molecule has 1 heterocycles. The third-order valence-electron chi connectivity index (χ3n) is 2.13. The maximum absolute atomic E-state index is 11.2. The van der Waals surface area contributed by atoms with Crippen molar-refractivity contribution in [2.24, 2.45) is 17.2 Å². The first-order chi connectivity index (χ1) is 10.7. The van der Waals surface area contributed by atoms with Crippen molar-refractivity contribution in [3.63, 3.8) is 0 Å². The lowest BCUT2D eigenvalue weighted by molar-refractivity contribution is -0.138. The Morgan fingerprint density at radius 1 is 1.39 bits per heavy atom. The number of carboxylic acids is 1. The Labute approximate surface area is 136 Å². The summed E-state index contributed by atoms with van der Waals surface area (Å²) in [6, 6.07) is -0.742. The molecule has 0 aliphatic heterocycles. The van der Waals surface area contributed by atoms with E-state index in [1.54, 1.807) is 6.20 Å². The number of nitrogens with one attached hydrogen (secondary N) is 1. The Kier molecular flexibility index (Phi) is 12.7. The highest BCUT2D eigenvalue weighted by molar-refractivity contribution is 5.85. The number of esters is 1. The van der Waals surface area contributed by atoms with E-state index in [0.717, 1.165) is 0 Å². The SMILES string of the molecule is CC(C)(C)OC(=O)c1ncc[nH]1.CN.NCCC[C@H](N)C(=O)O. The van der Waals surface area contributed by atoms with Gasteiger partial charge in [-0.2, -0.15) is 0 Å². The topological polar surface area (TPSA) is 170 Å². The van der Waals surface area contributed by atoms with Gasteiger partial charge in [-0.05, 0) is 47.2 Å². The molecule has 0 unspecified atom stereocenters. The van der Waals surface area contributed by atoms with Crippen molar-refractivity contribution in [3.05, 3.63) is 18.2 Å². The van der Waals surface area contributed by atoms with Gasteiger partial charge < -0.3 is 32.0 Å². The quantitative estimate of drug-likeness (QED) is 0.472. The predicted molar refractivity (Wildman–Crippen MR) is 87.8 cm³/mol. The summed E-state index contributed by atoms with van der Waals surface area (Å²) in [6.45, 7) is 5.94. The summed E-state index contributed by atoms with van der Waals surface area (Å²) >= 11 is 0. The number of carboxylic acid groups (broad SMARTS) is 1. The molecular weight excluding hydrogens is 302 g/mol.